The molecule has 1 atom stereocenters. The predicted molar refractivity (Wildman–Crippen MR) is 168 cm³/mol. The van der Waals surface area contributed by atoms with Crippen molar-refractivity contribution in [2.24, 2.45) is 0 Å². The minimum absolute atomic E-state index is 0.154. The summed E-state index contributed by atoms with van der Waals surface area (Å²) in [5.74, 6) is -0.510. The van der Waals surface area contributed by atoms with E-state index in [4.69, 9.17) is 17.7 Å². The highest BCUT2D eigenvalue weighted by molar-refractivity contribution is 6.92. The molecule has 0 spiro atoms. The molecule has 0 amide bonds. The van der Waals surface area contributed by atoms with Crippen molar-refractivity contribution in [3.8, 4) is 0 Å². The molecule has 6 nitrogen and oxygen atoms in total. The molecule has 0 aliphatic carbocycles. The Labute approximate surface area is 238 Å². The number of aliphatic hydroxyl groups is 1. The summed E-state index contributed by atoms with van der Waals surface area (Å²) in [6.45, 7) is 35.9. The quantitative estimate of drug-likeness (QED) is 0.0705. The van der Waals surface area contributed by atoms with Crippen molar-refractivity contribution in [2.45, 2.75) is 148 Å². The van der Waals surface area contributed by atoms with Gasteiger partial charge in [-0.3, -0.25) is 0 Å². The first kappa shape index (κ1) is 37.7. The van der Waals surface area contributed by atoms with Gasteiger partial charge in [0.1, 0.15) is 6.10 Å². The Hall–Kier alpha value is -0.299. The van der Waals surface area contributed by atoms with Gasteiger partial charge in [0.2, 0.25) is 0 Å². The SMILES string of the molecule is C=C(C)C(=O)OC(CO)COCCC[Si](C)(O[Si](C(C)C)(C(C)C)C(C)C)O[Si](C(C)C)(C(C)C)C(C)C. The fourth-order valence-electron chi connectivity index (χ4n) is 6.66. The number of rotatable bonds is 19. The van der Waals surface area contributed by atoms with Gasteiger partial charge in [-0.15, -0.1) is 0 Å². The average molecular weight is 591 g/mol. The molecule has 1 N–H and O–H groups in total. The van der Waals surface area contributed by atoms with E-state index in [2.05, 4.69) is 96.2 Å². The third-order valence-corrected chi connectivity index (χ3v) is 26.6. The van der Waals surface area contributed by atoms with E-state index in [9.17, 15) is 9.90 Å². The zero-order valence-electron chi connectivity index (χ0n) is 27.3. The number of hydrogen-bond donors (Lipinski definition) is 1. The standard InChI is InChI=1S/C29H62O6Si3/c1-21(2)29(31)33-28(19-30)20-32-17-16-18-36(15,34-37(22(3)4,23(5)6)24(7)8)35-38(25(9)10,26(11)12)27(13)14/h22-28,30H,1,16-20H2,2-15H3. The third kappa shape index (κ3) is 9.66. The Morgan fingerprint density at radius 2 is 1.13 bits per heavy atom. The van der Waals surface area contributed by atoms with Crippen LogP contribution < -0.4 is 0 Å². The monoisotopic (exact) mass is 590 g/mol. The molecular weight excluding hydrogens is 529 g/mol. The average Bonchev–Trinajstić information content (AvgIpc) is 2.78. The van der Waals surface area contributed by atoms with Crippen LogP contribution >= 0.6 is 0 Å². The Bertz CT molecular complexity index is 644. The van der Waals surface area contributed by atoms with Crippen LogP contribution in [0.5, 0.6) is 0 Å². The second-order valence-corrected chi connectivity index (χ2v) is 27.9. The summed E-state index contributed by atoms with van der Waals surface area (Å²) < 4.78 is 26.2. The smallest absolute Gasteiger partial charge is 0.333 e. The Morgan fingerprint density at radius 3 is 1.42 bits per heavy atom. The van der Waals surface area contributed by atoms with Gasteiger partial charge in [-0.2, -0.15) is 0 Å². The normalized spacial score (nSPS) is 14.4. The fourth-order valence-corrected chi connectivity index (χ4v) is 28.4. The van der Waals surface area contributed by atoms with Crippen molar-refractivity contribution < 1.29 is 27.6 Å². The van der Waals surface area contributed by atoms with E-state index in [0.29, 0.717) is 45.4 Å². The molecule has 0 aromatic carbocycles. The lowest BCUT2D eigenvalue weighted by molar-refractivity contribution is -0.149. The minimum atomic E-state index is -2.63. The van der Waals surface area contributed by atoms with E-state index in [1.807, 2.05) is 0 Å². The van der Waals surface area contributed by atoms with Crippen LogP contribution in [0.25, 0.3) is 0 Å². The third-order valence-electron chi connectivity index (χ3n) is 8.25. The molecule has 0 rings (SSSR count). The van der Waals surface area contributed by atoms with E-state index in [-0.39, 0.29) is 13.2 Å². The van der Waals surface area contributed by atoms with Crippen molar-refractivity contribution in [1.82, 2.24) is 0 Å². The molecule has 9 heteroatoms. The lowest BCUT2D eigenvalue weighted by atomic mass is 10.3. The number of ether oxygens (including phenoxy) is 2. The molecule has 0 aliphatic rings. The Balaban J connectivity index is 6.02. The van der Waals surface area contributed by atoms with Crippen LogP contribution in [-0.2, 0) is 22.5 Å². The van der Waals surface area contributed by atoms with Crippen molar-refractivity contribution in [3.63, 3.8) is 0 Å². The summed E-state index contributed by atoms with van der Waals surface area (Å²) in [7, 11) is -6.96. The number of carbonyl (C=O) groups excluding carboxylic acids is 1. The molecule has 0 aliphatic heterocycles. The maximum atomic E-state index is 11.8. The van der Waals surface area contributed by atoms with Crippen molar-refractivity contribution >= 4 is 31.2 Å². The summed E-state index contributed by atoms with van der Waals surface area (Å²) in [6.07, 6.45) is 0.105. The van der Waals surface area contributed by atoms with Crippen LogP contribution in [0.4, 0.5) is 0 Å². The van der Waals surface area contributed by atoms with Gasteiger partial charge in [-0.25, -0.2) is 4.79 Å². The van der Waals surface area contributed by atoms with E-state index < -0.39 is 37.3 Å². The highest BCUT2D eigenvalue weighted by Gasteiger charge is 2.55. The van der Waals surface area contributed by atoms with Crippen LogP contribution in [0.1, 0.15) is 96.4 Å². The van der Waals surface area contributed by atoms with E-state index in [0.717, 1.165) is 12.5 Å². The molecule has 0 radical (unpaired) electrons. The number of esters is 1. The molecule has 38 heavy (non-hydrogen) atoms. The first-order valence-corrected chi connectivity index (χ1v) is 21.6. The van der Waals surface area contributed by atoms with Gasteiger partial charge in [0, 0.05) is 12.2 Å². The van der Waals surface area contributed by atoms with Crippen LogP contribution in [0.3, 0.4) is 0 Å². The van der Waals surface area contributed by atoms with E-state index in [1.165, 1.54) is 0 Å². The second-order valence-electron chi connectivity index (χ2n) is 13.1. The minimum Gasteiger partial charge on any atom is -0.454 e. The largest absolute Gasteiger partial charge is 0.454 e. The van der Waals surface area contributed by atoms with Gasteiger partial charge >= 0.3 is 14.5 Å². The van der Waals surface area contributed by atoms with E-state index in [1.54, 1.807) is 6.92 Å². The molecule has 0 heterocycles. The molecule has 0 aromatic rings. The summed E-state index contributed by atoms with van der Waals surface area (Å²) in [4.78, 5) is 11.8. The van der Waals surface area contributed by atoms with Crippen LogP contribution in [0, 0.1) is 0 Å². The first-order valence-electron chi connectivity index (χ1n) is 14.8. The van der Waals surface area contributed by atoms with Gasteiger partial charge < -0.3 is 22.8 Å². The molecule has 0 saturated heterocycles. The molecule has 0 aromatic heterocycles. The Kier molecular flexibility index (Phi) is 16.1. The summed E-state index contributed by atoms with van der Waals surface area (Å²) in [5, 5.41) is 9.60. The lowest BCUT2D eigenvalue weighted by Crippen LogP contribution is -2.63. The second kappa shape index (κ2) is 16.2. The van der Waals surface area contributed by atoms with Gasteiger partial charge in [0.25, 0.3) is 0 Å². The van der Waals surface area contributed by atoms with Gasteiger partial charge in [-0.1, -0.05) is 89.7 Å². The van der Waals surface area contributed by atoms with Gasteiger partial charge in [-0.05, 0) is 59.2 Å². The lowest BCUT2D eigenvalue weighted by Gasteiger charge is -2.53. The van der Waals surface area contributed by atoms with Crippen molar-refractivity contribution in [3.05, 3.63) is 12.2 Å². The maximum absolute atomic E-state index is 11.8. The topological polar surface area (TPSA) is 74.2 Å². The van der Waals surface area contributed by atoms with Crippen LogP contribution in [0.2, 0.25) is 45.8 Å². The van der Waals surface area contributed by atoms with E-state index >= 15 is 0 Å². The van der Waals surface area contributed by atoms with Crippen molar-refractivity contribution in [2.75, 3.05) is 19.8 Å². The Morgan fingerprint density at radius 1 is 0.763 bits per heavy atom. The van der Waals surface area contributed by atoms with Gasteiger partial charge in [0.15, 0.2) is 16.6 Å². The van der Waals surface area contributed by atoms with Crippen LogP contribution in [0.15, 0.2) is 12.2 Å². The molecule has 226 valence electrons. The highest BCUT2D eigenvalue weighted by Crippen LogP contribution is 2.49. The van der Waals surface area contributed by atoms with Crippen molar-refractivity contribution in [1.29, 1.82) is 0 Å². The predicted octanol–water partition coefficient (Wildman–Crippen LogP) is 8.33. The van der Waals surface area contributed by atoms with Gasteiger partial charge in [0.05, 0.1) is 13.2 Å². The summed E-state index contributed by atoms with van der Waals surface area (Å²) in [6, 6.07) is 0.851. The number of carbonyl (C=O) groups is 1. The summed E-state index contributed by atoms with van der Waals surface area (Å²) >= 11 is 0. The number of aliphatic hydroxyl groups excluding tert-OH is 1. The zero-order valence-corrected chi connectivity index (χ0v) is 30.3. The maximum Gasteiger partial charge on any atom is 0.333 e. The highest BCUT2D eigenvalue weighted by atomic mass is 28.5. The molecule has 0 saturated carbocycles. The first-order chi connectivity index (χ1) is 17.3. The molecule has 1 unspecified atom stereocenters. The zero-order chi connectivity index (χ0) is 30.1. The molecular formula is C29H62O6Si3. The molecule has 0 fully saturated rings. The fraction of sp³-hybridized carbons (Fsp3) is 0.897. The summed E-state index contributed by atoms with van der Waals surface area (Å²) in [5.41, 5.74) is 3.20. The van der Waals surface area contributed by atoms with Crippen LogP contribution in [-0.4, -0.2) is 62.2 Å². The molecule has 0 bridgehead atoms. The number of hydrogen-bond acceptors (Lipinski definition) is 6.